The molecule has 0 aliphatic rings. The number of imidazole rings is 1. The molecule has 96 valence electrons. The molecule has 3 aromatic rings. The number of halogens is 1. The van der Waals surface area contributed by atoms with Crippen molar-refractivity contribution >= 4 is 22.6 Å². The van der Waals surface area contributed by atoms with E-state index in [-0.39, 0.29) is 5.75 Å². The number of hydrogen-bond acceptors (Lipinski definition) is 2. The fourth-order valence-corrected chi connectivity index (χ4v) is 2.42. The molecule has 2 aromatic carbocycles. The van der Waals surface area contributed by atoms with Crippen molar-refractivity contribution in [2.45, 2.75) is 6.92 Å². The summed E-state index contributed by atoms with van der Waals surface area (Å²) in [6, 6.07) is 11.2. The summed E-state index contributed by atoms with van der Waals surface area (Å²) < 4.78 is 1.96. The number of phenols is 1. The standard InChI is InChI=1S/C15H13ClN2O/c1-9-4-3-5-11(14(9)19)15-17-12-8-10(16)6-7-13(12)18(15)2/h3-8,19H,1-2H3. The van der Waals surface area contributed by atoms with Crippen molar-refractivity contribution in [2.24, 2.45) is 7.05 Å². The Morgan fingerprint density at radius 2 is 2.00 bits per heavy atom. The number of nitrogens with zero attached hydrogens (tertiary/aromatic N) is 2. The van der Waals surface area contributed by atoms with Gasteiger partial charge in [0.25, 0.3) is 0 Å². The first-order chi connectivity index (χ1) is 9.08. The monoisotopic (exact) mass is 272 g/mol. The van der Waals surface area contributed by atoms with Gasteiger partial charge in [0.2, 0.25) is 0 Å². The fourth-order valence-electron chi connectivity index (χ4n) is 2.25. The van der Waals surface area contributed by atoms with Gasteiger partial charge in [0.1, 0.15) is 11.6 Å². The molecule has 0 amide bonds. The quantitative estimate of drug-likeness (QED) is 0.729. The molecule has 1 N–H and O–H groups in total. The van der Waals surface area contributed by atoms with Crippen LogP contribution in [-0.2, 0) is 7.05 Å². The number of para-hydroxylation sites is 1. The summed E-state index contributed by atoms with van der Waals surface area (Å²) in [6.07, 6.45) is 0. The van der Waals surface area contributed by atoms with Gasteiger partial charge in [-0.3, -0.25) is 0 Å². The highest BCUT2D eigenvalue weighted by molar-refractivity contribution is 6.31. The Morgan fingerprint density at radius 1 is 1.21 bits per heavy atom. The molecule has 0 bridgehead atoms. The summed E-state index contributed by atoms with van der Waals surface area (Å²) in [5.74, 6) is 1.01. The maximum atomic E-state index is 10.2. The number of aryl methyl sites for hydroxylation is 2. The molecule has 0 aliphatic carbocycles. The minimum atomic E-state index is 0.270. The highest BCUT2D eigenvalue weighted by Crippen LogP contribution is 2.33. The smallest absolute Gasteiger partial charge is 0.144 e. The highest BCUT2D eigenvalue weighted by atomic mass is 35.5. The van der Waals surface area contributed by atoms with Crippen LogP contribution in [0.5, 0.6) is 5.75 Å². The number of benzene rings is 2. The lowest BCUT2D eigenvalue weighted by Crippen LogP contribution is -1.93. The van der Waals surface area contributed by atoms with Gasteiger partial charge in [-0.1, -0.05) is 23.7 Å². The van der Waals surface area contributed by atoms with E-state index in [9.17, 15) is 5.11 Å². The van der Waals surface area contributed by atoms with Gasteiger partial charge in [-0.15, -0.1) is 0 Å². The third-order valence-corrected chi connectivity index (χ3v) is 3.56. The molecule has 0 fully saturated rings. The first kappa shape index (κ1) is 12.1. The van der Waals surface area contributed by atoms with Crippen molar-refractivity contribution in [3.63, 3.8) is 0 Å². The molecular formula is C15H13ClN2O. The second-order valence-corrected chi connectivity index (χ2v) is 5.03. The molecule has 3 nitrogen and oxygen atoms in total. The largest absolute Gasteiger partial charge is 0.507 e. The first-order valence-corrected chi connectivity index (χ1v) is 6.36. The number of phenolic OH excluding ortho intramolecular Hbond substituents is 1. The number of aromatic hydroxyl groups is 1. The first-order valence-electron chi connectivity index (χ1n) is 5.99. The zero-order chi connectivity index (χ0) is 13.6. The summed E-state index contributed by atoms with van der Waals surface area (Å²) in [4.78, 5) is 4.56. The van der Waals surface area contributed by atoms with Gasteiger partial charge < -0.3 is 9.67 Å². The average Bonchev–Trinajstić information content (AvgIpc) is 2.69. The average molecular weight is 273 g/mol. The predicted octanol–water partition coefficient (Wildman–Crippen LogP) is 3.91. The van der Waals surface area contributed by atoms with E-state index in [1.165, 1.54) is 0 Å². The lowest BCUT2D eigenvalue weighted by molar-refractivity contribution is 0.472. The summed E-state index contributed by atoms with van der Waals surface area (Å²) in [5.41, 5.74) is 3.38. The van der Waals surface area contributed by atoms with Crippen LogP contribution in [0.3, 0.4) is 0 Å². The molecule has 0 saturated carbocycles. The van der Waals surface area contributed by atoms with Crippen molar-refractivity contribution in [3.05, 3.63) is 47.0 Å². The molecule has 0 unspecified atom stereocenters. The summed E-state index contributed by atoms with van der Waals surface area (Å²) in [7, 11) is 1.93. The molecule has 0 saturated heterocycles. The Kier molecular flexibility index (Phi) is 2.72. The van der Waals surface area contributed by atoms with Gasteiger partial charge in [0, 0.05) is 12.1 Å². The lowest BCUT2D eigenvalue weighted by Gasteiger charge is -2.07. The van der Waals surface area contributed by atoms with Crippen LogP contribution in [-0.4, -0.2) is 14.7 Å². The van der Waals surface area contributed by atoms with Crippen molar-refractivity contribution < 1.29 is 5.11 Å². The Bertz CT molecular complexity index is 777. The molecule has 0 aliphatic heterocycles. The lowest BCUT2D eigenvalue weighted by atomic mass is 10.1. The van der Waals surface area contributed by atoms with Crippen LogP contribution in [0.2, 0.25) is 5.02 Å². The maximum absolute atomic E-state index is 10.2. The molecule has 0 spiro atoms. The van der Waals surface area contributed by atoms with Gasteiger partial charge in [-0.25, -0.2) is 4.98 Å². The van der Waals surface area contributed by atoms with Crippen molar-refractivity contribution in [2.75, 3.05) is 0 Å². The van der Waals surface area contributed by atoms with Gasteiger partial charge in [0.05, 0.1) is 16.6 Å². The molecule has 1 aromatic heterocycles. The van der Waals surface area contributed by atoms with E-state index >= 15 is 0 Å². The molecule has 1 heterocycles. The van der Waals surface area contributed by atoms with E-state index in [0.717, 1.165) is 28.0 Å². The van der Waals surface area contributed by atoms with Crippen LogP contribution >= 0.6 is 11.6 Å². The minimum absolute atomic E-state index is 0.270. The normalized spacial score (nSPS) is 11.1. The minimum Gasteiger partial charge on any atom is -0.507 e. The zero-order valence-electron chi connectivity index (χ0n) is 10.7. The Morgan fingerprint density at radius 3 is 2.79 bits per heavy atom. The van der Waals surface area contributed by atoms with Crippen LogP contribution in [0, 0.1) is 6.92 Å². The van der Waals surface area contributed by atoms with Gasteiger partial charge >= 0.3 is 0 Å². The van der Waals surface area contributed by atoms with E-state index in [2.05, 4.69) is 4.98 Å². The van der Waals surface area contributed by atoms with E-state index < -0.39 is 0 Å². The molecular weight excluding hydrogens is 260 g/mol. The van der Waals surface area contributed by atoms with E-state index in [1.807, 2.05) is 54.9 Å². The third kappa shape index (κ3) is 1.87. The van der Waals surface area contributed by atoms with Crippen LogP contribution in [0.25, 0.3) is 22.4 Å². The van der Waals surface area contributed by atoms with E-state index in [1.54, 1.807) is 0 Å². The highest BCUT2D eigenvalue weighted by Gasteiger charge is 2.14. The SMILES string of the molecule is Cc1cccc(-c2nc3cc(Cl)ccc3n2C)c1O. The van der Waals surface area contributed by atoms with Gasteiger partial charge in [0.15, 0.2) is 0 Å². The molecule has 4 heteroatoms. The zero-order valence-corrected chi connectivity index (χ0v) is 11.4. The molecule has 0 radical (unpaired) electrons. The number of rotatable bonds is 1. The van der Waals surface area contributed by atoms with E-state index in [4.69, 9.17) is 11.6 Å². The number of fused-ring (bicyclic) bond motifs is 1. The predicted molar refractivity (Wildman–Crippen MR) is 77.6 cm³/mol. The fraction of sp³-hybridized carbons (Fsp3) is 0.133. The maximum Gasteiger partial charge on any atom is 0.144 e. The second-order valence-electron chi connectivity index (χ2n) is 4.60. The summed E-state index contributed by atoms with van der Waals surface area (Å²) in [6.45, 7) is 1.87. The summed E-state index contributed by atoms with van der Waals surface area (Å²) >= 11 is 5.98. The van der Waals surface area contributed by atoms with Crippen LogP contribution in [0.1, 0.15) is 5.56 Å². The van der Waals surface area contributed by atoms with Crippen molar-refractivity contribution in [3.8, 4) is 17.1 Å². The molecule has 3 rings (SSSR count). The number of aromatic nitrogens is 2. The van der Waals surface area contributed by atoms with Crippen LogP contribution in [0.4, 0.5) is 0 Å². The van der Waals surface area contributed by atoms with Crippen LogP contribution in [0.15, 0.2) is 36.4 Å². The van der Waals surface area contributed by atoms with Gasteiger partial charge in [-0.05, 0) is 36.8 Å². The van der Waals surface area contributed by atoms with Gasteiger partial charge in [-0.2, -0.15) is 0 Å². The Labute approximate surface area is 116 Å². The van der Waals surface area contributed by atoms with Crippen molar-refractivity contribution in [1.82, 2.24) is 9.55 Å². The number of hydrogen-bond donors (Lipinski definition) is 1. The second kappa shape index (κ2) is 4.28. The van der Waals surface area contributed by atoms with Crippen molar-refractivity contribution in [1.29, 1.82) is 0 Å². The molecule has 19 heavy (non-hydrogen) atoms. The van der Waals surface area contributed by atoms with E-state index in [0.29, 0.717) is 5.02 Å². The molecule has 0 atom stereocenters. The third-order valence-electron chi connectivity index (χ3n) is 3.32. The van der Waals surface area contributed by atoms with Crippen LogP contribution < -0.4 is 0 Å². The topological polar surface area (TPSA) is 38.0 Å². The Hall–Kier alpha value is -2.00. The Balaban J connectivity index is 2.31. The summed E-state index contributed by atoms with van der Waals surface area (Å²) in [5, 5.41) is 10.8.